The molecule has 0 spiro atoms. The maximum absolute atomic E-state index is 12.9. The molecule has 0 rings (SSSR count). The molecule has 80 heavy (non-hydrogen) atoms. The molecule has 0 N–H and O–H groups in total. The third-order valence-corrected chi connectivity index (χ3v) is 15.1. The Bertz CT molecular complexity index is 1520. The number of hydrogen-bond acceptors (Lipinski definition) is 6. The largest absolute Gasteiger partial charge is 0.462 e. The van der Waals surface area contributed by atoms with E-state index in [1.807, 2.05) is 0 Å². The van der Waals surface area contributed by atoms with Crippen LogP contribution in [0.25, 0.3) is 0 Å². The van der Waals surface area contributed by atoms with Crippen LogP contribution in [-0.4, -0.2) is 37.2 Å². The molecule has 0 aromatic carbocycles. The van der Waals surface area contributed by atoms with Crippen LogP contribution < -0.4 is 0 Å². The number of carbonyl (C=O) groups excluding carboxylic acids is 3. The molecule has 1 unspecified atom stereocenters. The van der Waals surface area contributed by atoms with Crippen molar-refractivity contribution in [1.29, 1.82) is 0 Å². The van der Waals surface area contributed by atoms with Crippen LogP contribution in [0.4, 0.5) is 0 Å². The van der Waals surface area contributed by atoms with E-state index in [1.54, 1.807) is 0 Å². The van der Waals surface area contributed by atoms with Crippen LogP contribution in [0.3, 0.4) is 0 Å². The van der Waals surface area contributed by atoms with Gasteiger partial charge in [0, 0.05) is 19.3 Å². The lowest BCUT2D eigenvalue weighted by Gasteiger charge is -2.18. The van der Waals surface area contributed by atoms with Gasteiger partial charge in [-0.1, -0.05) is 298 Å². The average molecular weight is 1120 g/mol. The van der Waals surface area contributed by atoms with Crippen LogP contribution in [0.2, 0.25) is 0 Å². The Labute approximate surface area is 496 Å². The summed E-state index contributed by atoms with van der Waals surface area (Å²) in [5, 5.41) is 0. The highest BCUT2D eigenvalue weighted by molar-refractivity contribution is 5.71. The molecule has 6 nitrogen and oxygen atoms in total. The van der Waals surface area contributed by atoms with Gasteiger partial charge in [-0.3, -0.25) is 14.4 Å². The van der Waals surface area contributed by atoms with Crippen molar-refractivity contribution in [2.24, 2.45) is 0 Å². The van der Waals surface area contributed by atoms with Crippen LogP contribution in [0.1, 0.15) is 348 Å². The van der Waals surface area contributed by atoms with Gasteiger partial charge in [0.1, 0.15) is 13.2 Å². The monoisotopic (exact) mass is 1110 g/mol. The Balaban J connectivity index is 4.09. The molecule has 0 fully saturated rings. The first kappa shape index (κ1) is 76.6. The van der Waals surface area contributed by atoms with E-state index >= 15 is 0 Å². The molecule has 0 heterocycles. The lowest BCUT2D eigenvalue weighted by molar-refractivity contribution is -0.167. The number of ether oxygens (including phenoxy) is 3. The molecule has 0 aromatic rings. The number of rotatable bonds is 63. The predicted molar refractivity (Wildman–Crippen MR) is 348 cm³/mol. The third kappa shape index (κ3) is 65.4. The average Bonchev–Trinajstić information content (AvgIpc) is 3.46. The molecule has 1 atom stereocenters. The lowest BCUT2D eigenvalue weighted by Crippen LogP contribution is -2.30. The van der Waals surface area contributed by atoms with Gasteiger partial charge < -0.3 is 14.2 Å². The van der Waals surface area contributed by atoms with Gasteiger partial charge in [-0.05, 0) is 116 Å². The van der Waals surface area contributed by atoms with Crippen molar-refractivity contribution in [3.63, 3.8) is 0 Å². The van der Waals surface area contributed by atoms with Crippen LogP contribution in [0, 0.1) is 0 Å². The van der Waals surface area contributed by atoms with Crippen LogP contribution in [0.15, 0.2) is 85.1 Å². The summed E-state index contributed by atoms with van der Waals surface area (Å²) in [7, 11) is 0. The van der Waals surface area contributed by atoms with Crippen molar-refractivity contribution in [1.82, 2.24) is 0 Å². The van der Waals surface area contributed by atoms with Crippen molar-refractivity contribution in [2.45, 2.75) is 354 Å². The van der Waals surface area contributed by atoms with Gasteiger partial charge >= 0.3 is 17.9 Å². The van der Waals surface area contributed by atoms with Crippen molar-refractivity contribution in [2.75, 3.05) is 13.2 Å². The van der Waals surface area contributed by atoms with E-state index in [9.17, 15) is 14.4 Å². The molecule has 0 bridgehead atoms. The second-order valence-electron chi connectivity index (χ2n) is 23.1. The minimum atomic E-state index is -0.800. The van der Waals surface area contributed by atoms with Gasteiger partial charge in [-0.2, -0.15) is 0 Å². The highest BCUT2D eigenvalue weighted by Gasteiger charge is 2.19. The van der Waals surface area contributed by atoms with E-state index < -0.39 is 6.10 Å². The first-order valence-corrected chi connectivity index (χ1v) is 34.6. The van der Waals surface area contributed by atoms with Gasteiger partial charge in [-0.15, -0.1) is 0 Å². The molecule has 0 radical (unpaired) electrons. The second kappa shape index (κ2) is 68.1. The smallest absolute Gasteiger partial charge is 0.306 e. The fourth-order valence-electron chi connectivity index (χ4n) is 9.93. The van der Waals surface area contributed by atoms with Crippen LogP contribution in [0.5, 0.6) is 0 Å². The molecular weight excluding hydrogens is 985 g/mol. The number of carbonyl (C=O) groups is 3. The molecule has 0 saturated heterocycles. The van der Waals surface area contributed by atoms with E-state index in [1.165, 1.54) is 212 Å². The maximum atomic E-state index is 12.9. The highest BCUT2D eigenvalue weighted by atomic mass is 16.6. The van der Waals surface area contributed by atoms with Gasteiger partial charge in [0.15, 0.2) is 6.10 Å². The van der Waals surface area contributed by atoms with Gasteiger partial charge in [0.05, 0.1) is 0 Å². The van der Waals surface area contributed by atoms with Gasteiger partial charge in [-0.25, -0.2) is 0 Å². The first-order chi connectivity index (χ1) is 39.5. The topological polar surface area (TPSA) is 78.9 Å². The summed E-state index contributed by atoms with van der Waals surface area (Å²) >= 11 is 0. The summed E-state index contributed by atoms with van der Waals surface area (Å²) in [6, 6.07) is 0. The quantitative estimate of drug-likeness (QED) is 0.0261. The van der Waals surface area contributed by atoms with E-state index in [0.29, 0.717) is 19.3 Å². The van der Waals surface area contributed by atoms with Crippen molar-refractivity contribution in [3.8, 4) is 0 Å². The fraction of sp³-hybridized carbons (Fsp3) is 0.770. The van der Waals surface area contributed by atoms with Crippen molar-refractivity contribution >= 4 is 17.9 Å². The Kier molecular flexibility index (Phi) is 65.2. The normalized spacial score (nSPS) is 12.6. The highest BCUT2D eigenvalue weighted by Crippen LogP contribution is 2.17. The molecule has 0 aliphatic heterocycles. The fourth-order valence-corrected chi connectivity index (χ4v) is 9.93. The van der Waals surface area contributed by atoms with E-state index in [4.69, 9.17) is 14.2 Å². The molecule has 0 saturated carbocycles. The Morgan fingerprint density at radius 2 is 0.487 bits per heavy atom. The van der Waals surface area contributed by atoms with E-state index in [2.05, 4.69) is 106 Å². The molecule has 0 aromatic heterocycles. The second-order valence-corrected chi connectivity index (χ2v) is 23.1. The zero-order valence-electron chi connectivity index (χ0n) is 53.1. The van der Waals surface area contributed by atoms with E-state index in [0.717, 1.165) is 89.9 Å². The molecule has 0 aliphatic rings. The zero-order chi connectivity index (χ0) is 57.8. The van der Waals surface area contributed by atoms with Gasteiger partial charge in [0.25, 0.3) is 0 Å². The molecule has 462 valence electrons. The van der Waals surface area contributed by atoms with Crippen LogP contribution in [-0.2, 0) is 28.6 Å². The lowest BCUT2D eigenvalue weighted by atomic mass is 10.0. The summed E-state index contributed by atoms with van der Waals surface area (Å²) in [5.74, 6) is -0.932. The molecule has 0 amide bonds. The summed E-state index contributed by atoms with van der Waals surface area (Å²) in [6.07, 6.45) is 90.7. The molecule has 6 heteroatoms. The maximum Gasteiger partial charge on any atom is 0.306 e. The zero-order valence-corrected chi connectivity index (χ0v) is 53.1. The molecular formula is C74H130O6. The van der Waals surface area contributed by atoms with Crippen LogP contribution >= 0.6 is 0 Å². The number of hydrogen-bond donors (Lipinski definition) is 0. The minimum Gasteiger partial charge on any atom is -0.462 e. The number of esters is 3. The number of unbranched alkanes of at least 4 members (excludes halogenated alkanes) is 38. The summed E-state index contributed by atoms with van der Waals surface area (Å²) < 4.78 is 16.9. The van der Waals surface area contributed by atoms with Crippen molar-refractivity contribution in [3.05, 3.63) is 85.1 Å². The SMILES string of the molecule is CC/C=C\C/C=C\C/C=C\C/C=C\CCCCC(=O)OC(COC(=O)CCCCCCC/C=C\CCCCC)COC(=O)CCCCCCCCCCCCCCCCCCCCCCCCC/C=C\C/C=C\CCCCCCC. The molecule has 0 aliphatic carbocycles. The van der Waals surface area contributed by atoms with Gasteiger partial charge in [0.2, 0.25) is 0 Å². The Morgan fingerprint density at radius 3 is 0.825 bits per heavy atom. The minimum absolute atomic E-state index is 0.0928. The van der Waals surface area contributed by atoms with Crippen molar-refractivity contribution < 1.29 is 28.6 Å². The predicted octanol–water partition coefficient (Wildman–Crippen LogP) is 23.8. The summed E-state index contributed by atoms with van der Waals surface area (Å²) in [6.45, 7) is 6.48. The summed E-state index contributed by atoms with van der Waals surface area (Å²) in [4.78, 5) is 38.2. The Hall–Kier alpha value is -3.41. The number of allylic oxidation sites excluding steroid dienone is 14. The Morgan fingerprint density at radius 1 is 0.263 bits per heavy atom. The first-order valence-electron chi connectivity index (χ1n) is 34.6. The van der Waals surface area contributed by atoms with E-state index in [-0.39, 0.29) is 37.5 Å². The summed E-state index contributed by atoms with van der Waals surface area (Å²) in [5.41, 5.74) is 0. The third-order valence-electron chi connectivity index (χ3n) is 15.1. The standard InChI is InChI=1S/C74H130O6/c1-4-7-10-13-16-19-22-25-27-28-29-30-31-32-33-34-35-36-37-38-39-40-41-42-43-44-45-46-48-49-52-55-58-61-64-67-73(76)79-70-71(69-78-72(75)66-63-60-57-54-51-24-21-18-15-12-9-6-3)80-74(77)68-65-62-59-56-53-50-47-26-23-20-17-14-11-8-5-2/h8,11,17-18,20-22,25-26,28-29,47,53,56,71H,4-7,9-10,12-16,19,23-24,27,30-46,48-52,54-55,57-70H2,1-3H3/b11-8-,20-17-,21-18-,25-22-,29-28-,47-26-,56-53-.